The second kappa shape index (κ2) is 9.63. The Balaban J connectivity index is 1.87. The first-order valence-corrected chi connectivity index (χ1v) is 11.8. The van der Waals surface area contributed by atoms with Crippen molar-refractivity contribution in [1.29, 1.82) is 0 Å². The molecule has 0 aromatic heterocycles. The highest BCUT2D eigenvalue weighted by Gasteiger charge is 2.22. The van der Waals surface area contributed by atoms with Crippen LogP contribution in [0.5, 0.6) is 5.75 Å². The van der Waals surface area contributed by atoms with Gasteiger partial charge in [0.2, 0.25) is 0 Å². The summed E-state index contributed by atoms with van der Waals surface area (Å²) >= 11 is 6.20. The number of carbonyl (C=O) groups is 1. The molecule has 0 aliphatic rings. The lowest BCUT2D eigenvalue weighted by atomic mass is 10.1. The molecule has 0 saturated carbocycles. The summed E-state index contributed by atoms with van der Waals surface area (Å²) in [6.07, 6.45) is 0. The zero-order valence-electron chi connectivity index (χ0n) is 18.3. The van der Waals surface area contributed by atoms with Crippen LogP contribution in [0.25, 0.3) is 0 Å². The first-order valence-electron chi connectivity index (χ1n) is 9.96. The lowest BCUT2D eigenvalue weighted by molar-refractivity contribution is 0.0939. The molecule has 32 heavy (non-hydrogen) atoms. The number of methoxy groups -OCH3 is 1. The van der Waals surface area contributed by atoms with Crippen LogP contribution in [0.4, 0.5) is 5.69 Å². The summed E-state index contributed by atoms with van der Waals surface area (Å²) in [5, 5.41) is 2.90. The van der Waals surface area contributed by atoms with Crippen LogP contribution in [0, 0.1) is 13.8 Å². The van der Waals surface area contributed by atoms with Gasteiger partial charge in [-0.3, -0.25) is 9.52 Å². The SMILES string of the molecule is COc1ccccc1[C@H](C)NC(=O)c1ccc(Cl)c(S(=O)(=O)Nc2cccc(C)c2C)c1. The van der Waals surface area contributed by atoms with Gasteiger partial charge in [-0.1, -0.05) is 41.9 Å². The predicted molar refractivity (Wildman–Crippen MR) is 127 cm³/mol. The summed E-state index contributed by atoms with van der Waals surface area (Å²) in [4.78, 5) is 12.7. The Kier molecular flexibility index (Phi) is 7.11. The Bertz CT molecular complexity index is 1260. The van der Waals surface area contributed by atoms with E-state index in [4.69, 9.17) is 16.3 Å². The van der Waals surface area contributed by atoms with Crippen molar-refractivity contribution < 1.29 is 17.9 Å². The normalized spacial score (nSPS) is 12.2. The average Bonchev–Trinajstić information content (AvgIpc) is 2.76. The van der Waals surface area contributed by atoms with E-state index in [-0.39, 0.29) is 21.5 Å². The Hall–Kier alpha value is -3.03. The maximum Gasteiger partial charge on any atom is 0.263 e. The third kappa shape index (κ3) is 5.06. The number of aryl methyl sites for hydroxylation is 1. The van der Waals surface area contributed by atoms with Gasteiger partial charge in [0.25, 0.3) is 15.9 Å². The quantitative estimate of drug-likeness (QED) is 0.491. The molecule has 0 heterocycles. The van der Waals surface area contributed by atoms with Gasteiger partial charge >= 0.3 is 0 Å². The van der Waals surface area contributed by atoms with Crippen LogP contribution in [0.15, 0.2) is 65.6 Å². The minimum absolute atomic E-state index is 0.0251. The van der Waals surface area contributed by atoms with Crippen molar-refractivity contribution in [2.24, 2.45) is 0 Å². The van der Waals surface area contributed by atoms with Gasteiger partial charge in [-0.05, 0) is 62.2 Å². The van der Waals surface area contributed by atoms with Crippen LogP contribution in [0.3, 0.4) is 0 Å². The highest BCUT2D eigenvalue weighted by molar-refractivity contribution is 7.92. The van der Waals surface area contributed by atoms with E-state index in [1.54, 1.807) is 19.2 Å². The second-order valence-electron chi connectivity index (χ2n) is 7.44. The third-order valence-corrected chi connectivity index (χ3v) is 7.13. The Morgan fingerprint density at radius 2 is 1.75 bits per heavy atom. The van der Waals surface area contributed by atoms with E-state index < -0.39 is 15.9 Å². The molecule has 2 N–H and O–H groups in total. The molecular weight excluding hydrogens is 448 g/mol. The van der Waals surface area contributed by atoms with Gasteiger partial charge < -0.3 is 10.1 Å². The molecule has 0 aliphatic heterocycles. The summed E-state index contributed by atoms with van der Waals surface area (Å²) in [5.74, 6) is 0.223. The molecule has 0 unspecified atom stereocenters. The Labute approximate surface area is 193 Å². The number of hydrogen-bond acceptors (Lipinski definition) is 4. The summed E-state index contributed by atoms with van der Waals surface area (Å²) in [6.45, 7) is 5.55. The monoisotopic (exact) mass is 472 g/mol. The van der Waals surface area contributed by atoms with Gasteiger partial charge in [0.1, 0.15) is 10.6 Å². The lowest BCUT2D eigenvalue weighted by Gasteiger charge is -2.18. The van der Waals surface area contributed by atoms with E-state index in [9.17, 15) is 13.2 Å². The molecule has 168 valence electrons. The van der Waals surface area contributed by atoms with Gasteiger partial charge in [-0.2, -0.15) is 0 Å². The predicted octanol–water partition coefficient (Wildman–Crippen LogP) is 5.26. The zero-order valence-corrected chi connectivity index (χ0v) is 19.8. The maximum atomic E-state index is 13.0. The van der Waals surface area contributed by atoms with E-state index in [1.807, 2.05) is 51.1 Å². The number of para-hydroxylation sites is 1. The fraction of sp³-hybridized carbons (Fsp3) is 0.208. The fourth-order valence-corrected chi connectivity index (χ4v) is 4.94. The first kappa shape index (κ1) is 23.6. The topological polar surface area (TPSA) is 84.5 Å². The highest BCUT2D eigenvalue weighted by atomic mass is 35.5. The molecule has 1 amide bonds. The molecule has 3 aromatic carbocycles. The van der Waals surface area contributed by atoms with Gasteiger partial charge in [0.15, 0.2) is 0 Å². The van der Waals surface area contributed by atoms with Gasteiger partial charge in [0, 0.05) is 11.1 Å². The molecule has 3 aromatic rings. The summed E-state index contributed by atoms with van der Waals surface area (Å²) < 4.78 is 34.0. The van der Waals surface area contributed by atoms with E-state index in [2.05, 4.69) is 10.0 Å². The molecule has 6 nitrogen and oxygen atoms in total. The zero-order chi connectivity index (χ0) is 23.5. The number of benzene rings is 3. The smallest absolute Gasteiger partial charge is 0.263 e. The van der Waals surface area contributed by atoms with Crippen molar-refractivity contribution in [3.05, 3.63) is 87.9 Å². The number of carbonyl (C=O) groups excluding carboxylic acids is 1. The number of amides is 1. The molecule has 0 aliphatic carbocycles. The summed E-state index contributed by atoms with van der Waals surface area (Å²) in [7, 11) is -2.45. The van der Waals surface area contributed by atoms with Crippen LogP contribution < -0.4 is 14.8 Å². The van der Waals surface area contributed by atoms with Crippen molar-refractivity contribution in [2.45, 2.75) is 31.7 Å². The van der Waals surface area contributed by atoms with Crippen molar-refractivity contribution >= 4 is 33.2 Å². The highest BCUT2D eigenvalue weighted by Crippen LogP contribution is 2.28. The first-order chi connectivity index (χ1) is 15.1. The van der Waals surface area contributed by atoms with Crippen molar-refractivity contribution in [3.8, 4) is 5.75 Å². The van der Waals surface area contributed by atoms with E-state index in [1.165, 1.54) is 18.2 Å². The number of ether oxygens (including phenoxy) is 1. The largest absolute Gasteiger partial charge is 0.496 e. The summed E-state index contributed by atoms with van der Waals surface area (Å²) in [5.41, 5.74) is 3.21. The molecule has 0 spiro atoms. The average molecular weight is 473 g/mol. The van der Waals surface area contributed by atoms with Gasteiger partial charge in [0.05, 0.1) is 23.9 Å². The van der Waals surface area contributed by atoms with Crippen LogP contribution in [0.2, 0.25) is 5.02 Å². The van der Waals surface area contributed by atoms with Crippen molar-refractivity contribution in [3.63, 3.8) is 0 Å². The minimum atomic E-state index is -4.01. The molecule has 8 heteroatoms. The van der Waals surface area contributed by atoms with Crippen LogP contribution in [0.1, 0.15) is 40.0 Å². The van der Waals surface area contributed by atoms with Crippen LogP contribution in [-0.4, -0.2) is 21.4 Å². The summed E-state index contributed by atoms with van der Waals surface area (Å²) in [6, 6.07) is 16.5. The molecule has 0 fully saturated rings. The number of rotatable bonds is 7. The van der Waals surface area contributed by atoms with E-state index >= 15 is 0 Å². The van der Waals surface area contributed by atoms with Crippen LogP contribution in [-0.2, 0) is 10.0 Å². The molecular formula is C24H25ClN2O4S. The number of nitrogens with one attached hydrogen (secondary N) is 2. The Morgan fingerprint density at radius 1 is 1.03 bits per heavy atom. The second-order valence-corrected chi connectivity index (χ2v) is 9.49. The number of halogens is 1. The van der Waals surface area contributed by atoms with E-state index in [0.717, 1.165) is 16.7 Å². The maximum absolute atomic E-state index is 13.0. The van der Waals surface area contributed by atoms with Gasteiger partial charge in [-0.15, -0.1) is 0 Å². The van der Waals surface area contributed by atoms with Gasteiger partial charge in [-0.25, -0.2) is 8.42 Å². The standard InChI is InChI=1S/C24H25ClN2O4S/c1-15-8-7-10-21(16(15)2)27-32(29,30)23-14-18(12-13-20(23)25)24(28)26-17(3)19-9-5-6-11-22(19)31-4/h5-14,17,27H,1-4H3,(H,26,28)/t17-/m0/s1. The molecule has 0 radical (unpaired) electrons. The van der Waals surface area contributed by atoms with E-state index in [0.29, 0.717) is 11.4 Å². The molecule has 1 atom stereocenters. The number of hydrogen-bond donors (Lipinski definition) is 2. The minimum Gasteiger partial charge on any atom is -0.496 e. The number of anilines is 1. The van der Waals surface area contributed by atoms with Crippen LogP contribution >= 0.6 is 11.6 Å². The number of sulfonamides is 1. The van der Waals surface area contributed by atoms with Crippen molar-refractivity contribution in [2.75, 3.05) is 11.8 Å². The fourth-order valence-electron chi connectivity index (χ4n) is 3.29. The third-order valence-electron chi connectivity index (χ3n) is 5.28. The lowest BCUT2D eigenvalue weighted by Crippen LogP contribution is -2.27. The molecule has 0 bridgehead atoms. The van der Waals surface area contributed by atoms with Crippen molar-refractivity contribution in [1.82, 2.24) is 5.32 Å². The molecule has 0 saturated heterocycles. The molecule has 3 rings (SSSR count). The Morgan fingerprint density at radius 3 is 2.47 bits per heavy atom.